The third kappa shape index (κ3) is 5.03. The quantitative estimate of drug-likeness (QED) is 0.615. The van der Waals surface area contributed by atoms with Gasteiger partial charge in [0.1, 0.15) is 12.4 Å². The molecule has 0 fully saturated rings. The van der Waals surface area contributed by atoms with Crippen LogP contribution in [0, 0.1) is 6.92 Å². The molecule has 0 spiro atoms. The van der Waals surface area contributed by atoms with Gasteiger partial charge in [-0.1, -0.05) is 42.0 Å². The van der Waals surface area contributed by atoms with Crippen molar-refractivity contribution in [3.05, 3.63) is 88.5 Å². The summed E-state index contributed by atoms with van der Waals surface area (Å²) >= 11 is 0. The van der Waals surface area contributed by atoms with Gasteiger partial charge in [-0.2, -0.15) is 0 Å². The van der Waals surface area contributed by atoms with Crippen LogP contribution in [0.1, 0.15) is 32.6 Å². The summed E-state index contributed by atoms with van der Waals surface area (Å²) in [6.45, 7) is 4.94. The number of phenols is 1. The molecule has 32 heavy (non-hydrogen) atoms. The number of fused-ring (bicyclic) bond motifs is 1. The van der Waals surface area contributed by atoms with Gasteiger partial charge in [0.2, 0.25) is 0 Å². The SMILES string of the molecule is COc1cccc(CN2CCOc3ccc(C(=O)NCc4ccc(C)cc4)cc3C2)c1O. The Bertz CT molecular complexity index is 1100. The lowest BCUT2D eigenvalue weighted by molar-refractivity contribution is 0.0950. The first-order valence-corrected chi connectivity index (χ1v) is 10.7. The second-order valence-electron chi connectivity index (χ2n) is 8.02. The molecule has 3 aromatic carbocycles. The zero-order chi connectivity index (χ0) is 22.5. The smallest absolute Gasteiger partial charge is 0.251 e. The van der Waals surface area contributed by atoms with E-state index in [-0.39, 0.29) is 11.7 Å². The van der Waals surface area contributed by atoms with Crippen LogP contribution in [0.4, 0.5) is 0 Å². The zero-order valence-corrected chi connectivity index (χ0v) is 18.4. The molecule has 1 amide bonds. The van der Waals surface area contributed by atoms with Crippen molar-refractivity contribution in [2.24, 2.45) is 0 Å². The minimum atomic E-state index is -0.116. The highest BCUT2D eigenvalue weighted by molar-refractivity contribution is 5.94. The molecule has 6 heteroatoms. The normalized spacial score (nSPS) is 13.6. The topological polar surface area (TPSA) is 71.0 Å². The molecule has 1 aliphatic heterocycles. The Morgan fingerprint density at radius 2 is 1.97 bits per heavy atom. The molecule has 4 rings (SSSR count). The fraction of sp³-hybridized carbons (Fsp3) is 0.269. The summed E-state index contributed by atoms with van der Waals surface area (Å²) in [6.07, 6.45) is 0. The van der Waals surface area contributed by atoms with Gasteiger partial charge in [0.05, 0.1) is 7.11 Å². The summed E-state index contributed by atoms with van der Waals surface area (Å²) in [4.78, 5) is 14.9. The monoisotopic (exact) mass is 432 g/mol. The summed E-state index contributed by atoms with van der Waals surface area (Å²) in [5.74, 6) is 1.29. The van der Waals surface area contributed by atoms with Crippen LogP contribution in [0.3, 0.4) is 0 Å². The van der Waals surface area contributed by atoms with Crippen molar-refractivity contribution in [2.75, 3.05) is 20.3 Å². The largest absolute Gasteiger partial charge is 0.504 e. The fourth-order valence-electron chi connectivity index (χ4n) is 3.82. The molecule has 0 aromatic heterocycles. The number of amides is 1. The van der Waals surface area contributed by atoms with Gasteiger partial charge in [-0.25, -0.2) is 0 Å². The van der Waals surface area contributed by atoms with Crippen molar-refractivity contribution in [1.82, 2.24) is 10.2 Å². The van der Waals surface area contributed by atoms with Gasteiger partial charge in [-0.05, 0) is 36.8 Å². The number of ether oxygens (including phenoxy) is 2. The van der Waals surface area contributed by atoms with Crippen LogP contribution in [-0.2, 0) is 19.6 Å². The molecule has 0 radical (unpaired) electrons. The van der Waals surface area contributed by atoms with Crippen LogP contribution in [-0.4, -0.2) is 36.2 Å². The number of benzene rings is 3. The lowest BCUT2D eigenvalue weighted by Crippen LogP contribution is -2.25. The van der Waals surface area contributed by atoms with Crippen LogP contribution in [0.2, 0.25) is 0 Å². The Kier molecular flexibility index (Phi) is 6.61. The Balaban J connectivity index is 1.46. The number of rotatable bonds is 6. The maximum atomic E-state index is 12.7. The second kappa shape index (κ2) is 9.75. The average molecular weight is 433 g/mol. The molecule has 0 aliphatic carbocycles. The van der Waals surface area contributed by atoms with Crippen molar-refractivity contribution < 1.29 is 19.4 Å². The number of carbonyl (C=O) groups excluding carboxylic acids is 1. The van der Waals surface area contributed by atoms with Gasteiger partial charge < -0.3 is 19.9 Å². The highest BCUT2D eigenvalue weighted by atomic mass is 16.5. The van der Waals surface area contributed by atoms with Crippen molar-refractivity contribution in [2.45, 2.75) is 26.6 Å². The van der Waals surface area contributed by atoms with Gasteiger partial charge in [-0.3, -0.25) is 9.69 Å². The van der Waals surface area contributed by atoms with E-state index in [1.165, 1.54) is 5.56 Å². The van der Waals surface area contributed by atoms with E-state index in [2.05, 4.69) is 10.2 Å². The molecule has 1 aliphatic rings. The Labute approximate surface area is 188 Å². The molecule has 3 aromatic rings. The highest BCUT2D eigenvalue weighted by Crippen LogP contribution is 2.32. The molecule has 0 saturated carbocycles. The number of aryl methyl sites for hydroxylation is 1. The van der Waals surface area contributed by atoms with E-state index in [1.807, 2.05) is 55.5 Å². The number of hydrogen-bond donors (Lipinski definition) is 2. The van der Waals surface area contributed by atoms with Crippen LogP contribution in [0.25, 0.3) is 0 Å². The predicted molar refractivity (Wildman–Crippen MR) is 123 cm³/mol. The van der Waals surface area contributed by atoms with Gasteiger partial charge in [0, 0.05) is 42.9 Å². The summed E-state index contributed by atoms with van der Waals surface area (Å²) in [5, 5.41) is 13.4. The molecule has 1 heterocycles. The van der Waals surface area contributed by atoms with Gasteiger partial charge in [0.15, 0.2) is 11.5 Å². The fourth-order valence-corrected chi connectivity index (χ4v) is 3.82. The van der Waals surface area contributed by atoms with Crippen molar-refractivity contribution in [3.63, 3.8) is 0 Å². The first-order valence-electron chi connectivity index (χ1n) is 10.7. The third-order valence-electron chi connectivity index (χ3n) is 5.65. The minimum absolute atomic E-state index is 0.116. The Morgan fingerprint density at radius 3 is 2.75 bits per heavy atom. The van der Waals surface area contributed by atoms with E-state index in [9.17, 15) is 9.90 Å². The summed E-state index contributed by atoms with van der Waals surface area (Å²) in [5.41, 5.74) is 4.60. The standard InChI is InChI=1S/C26H28N2O4/c1-18-6-8-19(9-7-18)15-27-26(30)20-10-11-23-22(14-20)17-28(12-13-32-23)16-21-4-3-5-24(31-2)25(21)29/h3-11,14,29H,12-13,15-17H2,1-2H3,(H,27,30). The summed E-state index contributed by atoms with van der Waals surface area (Å²) in [6, 6.07) is 19.2. The molecule has 0 atom stereocenters. The molecule has 0 bridgehead atoms. The highest BCUT2D eigenvalue weighted by Gasteiger charge is 2.19. The number of methoxy groups -OCH3 is 1. The number of carbonyl (C=O) groups is 1. The van der Waals surface area contributed by atoms with E-state index >= 15 is 0 Å². The first-order chi connectivity index (χ1) is 15.5. The third-order valence-corrected chi connectivity index (χ3v) is 5.65. The number of hydrogen-bond acceptors (Lipinski definition) is 5. The summed E-state index contributed by atoms with van der Waals surface area (Å²) in [7, 11) is 1.54. The van der Waals surface area contributed by atoms with Crippen LogP contribution in [0.15, 0.2) is 60.7 Å². The Morgan fingerprint density at radius 1 is 1.16 bits per heavy atom. The lowest BCUT2D eigenvalue weighted by atomic mass is 10.1. The van der Waals surface area contributed by atoms with Gasteiger partial charge in [0.25, 0.3) is 5.91 Å². The molecule has 0 saturated heterocycles. The number of nitrogens with zero attached hydrogens (tertiary/aromatic N) is 1. The van der Waals surface area contributed by atoms with E-state index in [4.69, 9.17) is 9.47 Å². The van der Waals surface area contributed by atoms with E-state index in [0.717, 1.165) is 22.4 Å². The van der Waals surface area contributed by atoms with Crippen molar-refractivity contribution >= 4 is 5.91 Å². The van der Waals surface area contributed by atoms with Crippen LogP contribution >= 0.6 is 0 Å². The maximum Gasteiger partial charge on any atom is 0.251 e. The minimum Gasteiger partial charge on any atom is -0.504 e. The van der Waals surface area contributed by atoms with Crippen LogP contribution < -0.4 is 14.8 Å². The van der Waals surface area contributed by atoms with Crippen LogP contribution in [0.5, 0.6) is 17.2 Å². The predicted octanol–water partition coefficient (Wildman–Crippen LogP) is 4.03. The van der Waals surface area contributed by atoms with E-state index in [1.54, 1.807) is 19.2 Å². The second-order valence-corrected chi connectivity index (χ2v) is 8.02. The zero-order valence-electron chi connectivity index (χ0n) is 18.4. The lowest BCUT2D eigenvalue weighted by Gasteiger charge is -2.20. The molecule has 6 nitrogen and oxygen atoms in total. The van der Waals surface area contributed by atoms with E-state index in [0.29, 0.717) is 44.1 Å². The number of aromatic hydroxyl groups is 1. The van der Waals surface area contributed by atoms with Crippen molar-refractivity contribution in [1.29, 1.82) is 0 Å². The molecule has 166 valence electrons. The maximum absolute atomic E-state index is 12.7. The number of para-hydroxylation sites is 1. The van der Waals surface area contributed by atoms with Gasteiger partial charge >= 0.3 is 0 Å². The Hall–Kier alpha value is -3.51. The average Bonchev–Trinajstić information content (AvgIpc) is 3.01. The van der Waals surface area contributed by atoms with Crippen molar-refractivity contribution in [3.8, 4) is 17.2 Å². The summed E-state index contributed by atoms with van der Waals surface area (Å²) < 4.78 is 11.1. The van der Waals surface area contributed by atoms with E-state index < -0.39 is 0 Å². The number of nitrogens with one attached hydrogen (secondary N) is 1. The molecule has 0 unspecified atom stereocenters. The first kappa shape index (κ1) is 21.7. The molecule has 2 N–H and O–H groups in total. The number of phenolic OH excluding ortho intramolecular Hbond substituents is 1. The van der Waals surface area contributed by atoms with Gasteiger partial charge in [-0.15, -0.1) is 0 Å². The molecular weight excluding hydrogens is 404 g/mol. The molecular formula is C26H28N2O4.